The van der Waals surface area contributed by atoms with Crippen LogP contribution in [-0.4, -0.2) is 30.4 Å². The summed E-state index contributed by atoms with van der Waals surface area (Å²) in [4.78, 5) is 2.15. The van der Waals surface area contributed by atoms with Crippen LogP contribution >= 0.6 is 23.4 Å². The highest BCUT2D eigenvalue weighted by atomic mass is 35.5. The molecule has 0 atom stereocenters. The Hall–Kier alpha value is -3.42. The number of H-pyrrole nitrogens is 1. The van der Waals surface area contributed by atoms with Gasteiger partial charge in [0.05, 0.1) is 10.6 Å². The largest absolute Gasteiger partial charge is 0.239 e. The maximum atomic E-state index is 6.04. The lowest BCUT2D eigenvalue weighted by Crippen LogP contribution is -1.94. The fraction of sp³-hybridized carbons (Fsp3) is 0. The van der Waals surface area contributed by atoms with Crippen molar-refractivity contribution in [1.82, 2.24) is 30.4 Å². The lowest BCUT2D eigenvalue weighted by Gasteiger charge is -2.04. The van der Waals surface area contributed by atoms with Gasteiger partial charge in [0.2, 0.25) is 0 Å². The van der Waals surface area contributed by atoms with E-state index < -0.39 is 0 Å². The van der Waals surface area contributed by atoms with Gasteiger partial charge in [0.25, 0.3) is 0 Å². The summed E-state index contributed by atoms with van der Waals surface area (Å²) in [5.41, 5.74) is 3.84. The Kier molecular flexibility index (Phi) is 5.04. The number of benzene rings is 3. The number of hydrogen-bond acceptors (Lipinski definition) is 5. The third-order valence-electron chi connectivity index (χ3n) is 4.52. The molecule has 8 heteroatoms. The molecule has 1 N–H and O–H groups in total. The van der Waals surface area contributed by atoms with Gasteiger partial charge in [0, 0.05) is 27.2 Å². The number of rotatable bonds is 5. The van der Waals surface area contributed by atoms with E-state index in [4.69, 9.17) is 16.7 Å². The molecule has 0 aliphatic rings. The Morgan fingerprint density at radius 3 is 2.27 bits per heavy atom. The SMILES string of the molecule is Clc1ccc(Sc2cn(-c3ccccc3)nc2-c2ccc(-c3nnn[nH]3)cc2)cc1. The number of halogens is 1. The Balaban J connectivity index is 1.55. The van der Waals surface area contributed by atoms with Gasteiger partial charge in [-0.2, -0.15) is 5.10 Å². The zero-order valence-electron chi connectivity index (χ0n) is 15.6. The summed E-state index contributed by atoms with van der Waals surface area (Å²) < 4.78 is 1.90. The predicted molar refractivity (Wildman–Crippen MR) is 118 cm³/mol. The minimum atomic E-state index is 0.632. The molecule has 0 saturated heterocycles. The third-order valence-corrected chi connectivity index (χ3v) is 5.80. The van der Waals surface area contributed by atoms with Crippen LogP contribution in [-0.2, 0) is 0 Å². The first-order valence-corrected chi connectivity index (χ1v) is 10.4. The molecule has 5 rings (SSSR count). The van der Waals surface area contributed by atoms with Crippen LogP contribution in [0, 0.1) is 0 Å². The molecule has 2 aromatic heterocycles. The van der Waals surface area contributed by atoms with Gasteiger partial charge in [-0.3, -0.25) is 0 Å². The smallest absolute Gasteiger partial charge is 0.179 e. The Labute approximate surface area is 181 Å². The van der Waals surface area contributed by atoms with Gasteiger partial charge in [0.15, 0.2) is 5.82 Å². The molecule has 0 aliphatic heterocycles. The van der Waals surface area contributed by atoms with Crippen molar-refractivity contribution in [2.45, 2.75) is 9.79 Å². The standard InChI is InChI=1S/C22H15ClN6S/c23-17-10-12-19(13-11-17)30-20-14-29(18-4-2-1-3-5-18)26-21(20)15-6-8-16(9-7-15)22-24-27-28-25-22/h1-14H,(H,24,25,27,28). The summed E-state index contributed by atoms with van der Waals surface area (Å²) in [5, 5.41) is 19.6. The number of aromatic nitrogens is 6. The highest BCUT2D eigenvalue weighted by molar-refractivity contribution is 7.99. The predicted octanol–water partition coefficient (Wildman–Crippen LogP) is 5.52. The average molecular weight is 431 g/mol. The van der Waals surface area contributed by atoms with Crippen molar-refractivity contribution in [3.63, 3.8) is 0 Å². The first-order chi connectivity index (χ1) is 14.8. The maximum absolute atomic E-state index is 6.04. The quantitative estimate of drug-likeness (QED) is 0.397. The molecule has 6 nitrogen and oxygen atoms in total. The van der Waals surface area contributed by atoms with E-state index in [1.54, 1.807) is 11.8 Å². The van der Waals surface area contributed by atoms with E-state index in [1.165, 1.54) is 0 Å². The van der Waals surface area contributed by atoms with Crippen molar-refractivity contribution in [3.05, 3.63) is 90.1 Å². The molecule has 2 heterocycles. The normalized spacial score (nSPS) is 11.0. The zero-order chi connectivity index (χ0) is 20.3. The van der Waals surface area contributed by atoms with Crippen LogP contribution in [0.3, 0.4) is 0 Å². The minimum Gasteiger partial charge on any atom is -0.239 e. The van der Waals surface area contributed by atoms with E-state index >= 15 is 0 Å². The van der Waals surface area contributed by atoms with Gasteiger partial charge in [0.1, 0.15) is 5.69 Å². The van der Waals surface area contributed by atoms with E-state index in [9.17, 15) is 0 Å². The Morgan fingerprint density at radius 2 is 1.57 bits per heavy atom. The van der Waals surface area contributed by atoms with E-state index in [2.05, 4.69) is 26.8 Å². The van der Waals surface area contributed by atoms with Gasteiger partial charge in [-0.05, 0) is 46.8 Å². The van der Waals surface area contributed by atoms with E-state index in [0.717, 1.165) is 37.3 Å². The summed E-state index contributed by atoms with van der Waals surface area (Å²) in [6.07, 6.45) is 2.05. The molecule has 0 unspecified atom stereocenters. The topological polar surface area (TPSA) is 72.3 Å². The van der Waals surface area contributed by atoms with Crippen LogP contribution in [0.4, 0.5) is 0 Å². The van der Waals surface area contributed by atoms with Crippen LogP contribution in [0.5, 0.6) is 0 Å². The fourth-order valence-electron chi connectivity index (χ4n) is 3.04. The minimum absolute atomic E-state index is 0.632. The molecule has 0 amide bonds. The number of tetrazole rings is 1. The number of nitrogens with zero attached hydrogens (tertiary/aromatic N) is 5. The highest BCUT2D eigenvalue weighted by Crippen LogP contribution is 2.36. The van der Waals surface area contributed by atoms with Crippen LogP contribution in [0.2, 0.25) is 5.02 Å². The van der Waals surface area contributed by atoms with Gasteiger partial charge >= 0.3 is 0 Å². The van der Waals surface area contributed by atoms with E-state index in [-0.39, 0.29) is 0 Å². The molecule has 0 fully saturated rings. The van der Waals surface area contributed by atoms with Crippen molar-refractivity contribution in [2.75, 3.05) is 0 Å². The van der Waals surface area contributed by atoms with E-state index in [0.29, 0.717) is 5.82 Å². The van der Waals surface area contributed by atoms with Crippen molar-refractivity contribution in [1.29, 1.82) is 0 Å². The van der Waals surface area contributed by atoms with E-state index in [1.807, 2.05) is 83.5 Å². The molecular weight excluding hydrogens is 416 g/mol. The van der Waals surface area contributed by atoms with Crippen molar-refractivity contribution in [2.24, 2.45) is 0 Å². The van der Waals surface area contributed by atoms with Gasteiger partial charge in [-0.15, -0.1) is 5.10 Å². The Morgan fingerprint density at radius 1 is 0.833 bits per heavy atom. The summed E-state index contributed by atoms with van der Waals surface area (Å²) in [6.45, 7) is 0. The second-order valence-corrected chi connectivity index (χ2v) is 8.06. The lowest BCUT2D eigenvalue weighted by atomic mass is 10.1. The van der Waals surface area contributed by atoms with Crippen LogP contribution in [0.25, 0.3) is 28.3 Å². The second kappa shape index (κ2) is 8.14. The summed E-state index contributed by atoms with van der Waals surface area (Å²) in [6, 6.07) is 25.9. The Bertz CT molecular complexity index is 1250. The molecule has 0 radical (unpaired) electrons. The lowest BCUT2D eigenvalue weighted by molar-refractivity contribution is 0.881. The fourth-order valence-corrected chi connectivity index (χ4v) is 4.10. The van der Waals surface area contributed by atoms with Crippen molar-refractivity contribution in [3.8, 4) is 28.3 Å². The summed E-state index contributed by atoms with van der Waals surface area (Å²) >= 11 is 7.70. The van der Waals surface area contributed by atoms with Gasteiger partial charge < -0.3 is 0 Å². The van der Waals surface area contributed by atoms with Crippen LogP contribution in [0.1, 0.15) is 0 Å². The van der Waals surface area contributed by atoms with Crippen molar-refractivity contribution < 1.29 is 0 Å². The van der Waals surface area contributed by atoms with Gasteiger partial charge in [-0.1, -0.05) is 65.8 Å². The molecule has 30 heavy (non-hydrogen) atoms. The highest BCUT2D eigenvalue weighted by Gasteiger charge is 2.14. The second-order valence-electron chi connectivity index (χ2n) is 6.51. The molecule has 0 spiro atoms. The maximum Gasteiger partial charge on any atom is 0.179 e. The molecule has 146 valence electrons. The molecule has 0 aliphatic carbocycles. The van der Waals surface area contributed by atoms with Crippen molar-refractivity contribution >= 4 is 23.4 Å². The first kappa shape index (κ1) is 18.6. The molecule has 5 aromatic rings. The number of para-hydroxylation sites is 1. The van der Waals surface area contributed by atoms with Crippen LogP contribution in [0.15, 0.2) is 94.9 Å². The van der Waals surface area contributed by atoms with Crippen LogP contribution < -0.4 is 0 Å². The molecule has 0 saturated carbocycles. The molecule has 3 aromatic carbocycles. The third kappa shape index (κ3) is 3.85. The summed E-state index contributed by atoms with van der Waals surface area (Å²) in [5.74, 6) is 0.632. The number of nitrogens with one attached hydrogen (secondary N) is 1. The van der Waals surface area contributed by atoms with Gasteiger partial charge in [-0.25, -0.2) is 9.78 Å². The number of aromatic amines is 1. The monoisotopic (exact) mass is 430 g/mol. The zero-order valence-corrected chi connectivity index (χ0v) is 17.2. The summed E-state index contributed by atoms with van der Waals surface area (Å²) in [7, 11) is 0. The molecular formula is C22H15ClN6S. The first-order valence-electron chi connectivity index (χ1n) is 9.19. The average Bonchev–Trinajstić information content (AvgIpc) is 3.47. The molecule has 0 bridgehead atoms. The number of hydrogen-bond donors (Lipinski definition) is 1.